The zero-order valence-corrected chi connectivity index (χ0v) is 11.6. The molecule has 106 valence electrons. The minimum atomic E-state index is -0.869. The summed E-state index contributed by atoms with van der Waals surface area (Å²) in [5, 5.41) is 9.41. The molecule has 2 fully saturated rings. The summed E-state index contributed by atoms with van der Waals surface area (Å²) in [5.41, 5.74) is 0.891. The molecule has 0 bridgehead atoms. The average Bonchev–Trinajstić information content (AvgIpc) is 2.84. The molecule has 0 aromatic carbocycles. The minimum absolute atomic E-state index is 0.139. The second kappa shape index (κ2) is 5.23. The number of likely N-dealkylation sites (tertiary alicyclic amines) is 1. The third-order valence-electron chi connectivity index (χ3n) is 4.22. The van der Waals surface area contributed by atoms with Crippen LogP contribution in [0.1, 0.15) is 26.2 Å². The van der Waals surface area contributed by atoms with Gasteiger partial charge in [0.2, 0.25) is 0 Å². The van der Waals surface area contributed by atoms with Crippen LogP contribution in [-0.4, -0.2) is 53.1 Å². The quantitative estimate of drug-likeness (QED) is 0.792. The lowest BCUT2D eigenvalue weighted by atomic mass is 9.94. The molecule has 1 N–H and O–H groups in total. The van der Waals surface area contributed by atoms with Crippen molar-refractivity contribution in [3.8, 4) is 0 Å². The number of carboxylic acid groups (broad SMARTS) is 1. The standard InChI is InChI=1S/C14H22N2O3/c1-9(2)7-15(3)14(19)16-8-10-5-4-6-11(10)12(16)13(17)18/h10-12H,1,4-8H2,2-3H3,(H,17,18). The molecule has 1 aliphatic heterocycles. The van der Waals surface area contributed by atoms with Crippen molar-refractivity contribution in [2.75, 3.05) is 20.1 Å². The maximum absolute atomic E-state index is 12.4. The van der Waals surface area contributed by atoms with E-state index in [0.29, 0.717) is 19.0 Å². The number of hydrogen-bond acceptors (Lipinski definition) is 2. The van der Waals surface area contributed by atoms with Gasteiger partial charge in [-0.1, -0.05) is 18.6 Å². The summed E-state index contributed by atoms with van der Waals surface area (Å²) in [6.07, 6.45) is 3.06. The second-order valence-electron chi connectivity index (χ2n) is 5.89. The van der Waals surface area contributed by atoms with Gasteiger partial charge in [-0.2, -0.15) is 0 Å². The van der Waals surface area contributed by atoms with Crippen LogP contribution in [0.4, 0.5) is 4.79 Å². The van der Waals surface area contributed by atoms with Crippen LogP contribution in [0.5, 0.6) is 0 Å². The van der Waals surface area contributed by atoms with Gasteiger partial charge in [-0.3, -0.25) is 0 Å². The van der Waals surface area contributed by atoms with Gasteiger partial charge in [-0.05, 0) is 31.6 Å². The summed E-state index contributed by atoms with van der Waals surface area (Å²) >= 11 is 0. The third-order valence-corrected chi connectivity index (χ3v) is 4.22. The highest BCUT2D eigenvalue weighted by Gasteiger charge is 2.50. The van der Waals surface area contributed by atoms with Gasteiger partial charge in [-0.15, -0.1) is 0 Å². The van der Waals surface area contributed by atoms with Gasteiger partial charge in [-0.25, -0.2) is 9.59 Å². The van der Waals surface area contributed by atoms with E-state index >= 15 is 0 Å². The van der Waals surface area contributed by atoms with E-state index in [1.165, 1.54) is 0 Å². The summed E-state index contributed by atoms with van der Waals surface area (Å²) in [6.45, 7) is 6.70. The molecule has 5 nitrogen and oxygen atoms in total. The maximum Gasteiger partial charge on any atom is 0.326 e. The lowest BCUT2D eigenvalue weighted by Gasteiger charge is -2.29. The van der Waals surface area contributed by atoms with E-state index in [2.05, 4.69) is 6.58 Å². The first kappa shape index (κ1) is 13.9. The van der Waals surface area contributed by atoms with Crippen LogP contribution in [-0.2, 0) is 4.79 Å². The number of urea groups is 1. The molecule has 2 aliphatic rings. The van der Waals surface area contributed by atoms with E-state index in [-0.39, 0.29) is 11.9 Å². The van der Waals surface area contributed by atoms with Gasteiger partial charge in [0.15, 0.2) is 0 Å². The molecule has 5 heteroatoms. The van der Waals surface area contributed by atoms with E-state index in [1.54, 1.807) is 16.8 Å². The molecule has 3 atom stereocenters. The SMILES string of the molecule is C=C(C)CN(C)C(=O)N1CC2CCCC2C1C(=O)O. The van der Waals surface area contributed by atoms with Crippen LogP contribution < -0.4 is 0 Å². The van der Waals surface area contributed by atoms with Gasteiger partial charge in [0.25, 0.3) is 0 Å². The van der Waals surface area contributed by atoms with Crippen LogP contribution in [0.2, 0.25) is 0 Å². The molecule has 0 radical (unpaired) electrons. The number of carboxylic acids is 1. The Morgan fingerprint density at radius 2 is 2.11 bits per heavy atom. The van der Waals surface area contributed by atoms with Crippen LogP contribution in [0, 0.1) is 11.8 Å². The topological polar surface area (TPSA) is 60.9 Å². The van der Waals surface area contributed by atoms with Gasteiger partial charge in [0.05, 0.1) is 0 Å². The molecule has 1 heterocycles. The average molecular weight is 266 g/mol. The molecule has 2 amide bonds. The van der Waals surface area contributed by atoms with Crippen LogP contribution in [0.3, 0.4) is 0 Å². The Morgan fingerprint density at radius 1 is 1.42 bits per heavy atom. The highest BCUT2D eigenvalue weighted by atomic mass is 16.4. The molecule has 19 heavy (non-hydrogen) atoms. The molecular weight excluding hydrogens is 244 g/mol. The van der Waals surface area contributed by atoms with Gasteiger partial charge < -0.3 is 14.9 Å². The van der Waals surface area contributed by atoms with Crippen molar-refractivity contribution < 1.29 is 14.7 Å². The molecule has 2 rings (SSSR count). The molecule has 3 unspecified atom stereocenters. The Kier molecular flexibility index (Phi) is 3.83. The van der Waals surface area contributed by atoms with Gasteiger partial charge in [0, 0.05) is 20.1 Å². The number of carbonyl (C=O) groups excluding carboxylic acids is 1. The van der Waals surface area contributed by atoms with E-state index < -0.39 is 12.0 Å². The van der Waals surface area contributed by atoms with Crippen molar-refractivity contribution in [2.24, 2.45) is 11.8 Å². The Morgan fingerprint density at radius 3 is 2.68 bits per heavy atom. The molecule has 0 aromatic heterocycles. The van der Waals surface area contributed by atoms with Crippen molar-refractivity contribution >= 4 is 12.0 Å². The molecule has 1 aliphatic carbocycles. The fraction of sp³-hybridized carbons (Fsp3) is 0.714. The summed E-state index contributed by atoms with van der Waals surface area (Å²) < 4.78 is 0. The van der Waals surface area contributed by atoms with Crippen molar-refractivity contribution in [3.05, 3.63) is 12.2 Å². The second-order valence-corrected chi connectivity index (χ2v) is 5.89. The summed E-state index contributed by atoms with van der Waals surface area (Å²) in [4.78, 5) is 26.9. The predicted octanol–water partition coefficient (Wildman–Crippen LogP) is 1.80. The zero-order valence-electron chi connectivity index (χ0n) is 11.6. The fourth-order valence-electron chi connectivity index (χ4n) is 3.51. The van der Waals surface area contributed by atoms with Crippen molar-refractivity contribution in [1.29, 1.82) is 0 Å². The minimum Gasteiger partial charge on any atom is -0.480 e. The number of fused-ring (bicyclic) bond motifs is 1. The van der Waals surface area contributed by atoms with Crippen molar-refractivity contribution in [3.63, 3.8) is 0 Å². The van der Waals surface area contributed by atoms with Crippen LogP contribution in [0.25, 0.3) is 0 Å². The first-order valence-corrected chi connectivity index (χ1v) is 6.80. The third kappa shape index (κ3) is 2.60. The van der Waals surface area contributed by atoms with E-state index in [9.17, 15) is 14.7 Å². The molecule has 0 spiro atoms. The lowest BCUT2D eigenvalue weighted by Crippen LogP contribution is -2.48. The largest absolute Gasteiger partial charge is 0.480 e. The molecule has 1 saturated heterocycles. The normalized spacial score (nSPS) is 29.2. The predicted molar refractivity (Wildman–Crippen MR) is 71.8 cm³/mol. The van der Waals surface area contributed by atoms with E-state index in [1.807, 2.05) is 6.92 Å². The number of aliphatic carboxylic acids is 1. The van der Waals surface area contributed by atoms with Crippen molar-refractivity contribution in [1.82, 2.24) is 9.80 Å². The Balaban J connectivity index is 2.12. The highest BCUT2D eigenvalue weighted by Crippen LogP contribution is 2.42. The van der Waals surface area contributed by atoms with E-state index in [0.717, 1.165) is 24.8 Å². The van der Waals surface area contributed by atoms with Gasteiger partial charge >= 0.3 is 12.0 Å². The number of likely N-dealkylation sites (N-methyl/N-ethyl adjacent to an activating group) is 1. The first-order chi connectivity index (χ1) is 8.91. The van der Waals surface area contributed by atoms with Crippen LogP contribution in [0.15, 0.2) is 12.2 Å². The Labute approximate surface area is 113 Å². The number of amides is 2. The number of nitrogens with zero attached hydrogens (tertiary/aromatic N) is 2. The summed E-state index contributed by atoms with van der Waals surface area (Å²) in [5.74, 6) is -0.366. The first-order valence-electron chi connectivity index (χ1n) is 6.80. The lowest BCUT2D eigenvalue weighted by molar-refractivity contribution is -0.142. The summed E-state index contributed by atoms with van der Waals surface area (Å²) in [7, 11) is 1.70. The Hall–Kier alpha value is -1.52. The van der Waals surface area contributed by atoms with Crippen LogP contribution >= 0.6 is 0 Å². The Bertz CT molecular complexity index is 407. The van der Waals surface area contributed by atoms with Crippen molar-refractivity contribution in [2.45, 2.75) is 32.2 Å². The zero-order chi connectivity index (χ0) is 14.2. The molecular formula is C14H22N2O3. The molecule has 1 saturated carbocycles. The van der Waals surface area contributed by atoms with Gasteiger partial charge in [0.1, 0.15) is 6.04 Å². The smallest absolute Gasteiger partial charge is 0.326 e. The number of rotatable bonds is 3. The molecule has 0 aromatic rings. The highest BCUT2D eigenvalue weighted by molar-refractivity contribution is 5.84. The number of hydrogen-bond donors (Lipinski definition) is 1. The fourth-order valence-corrected chi connectivity index (χ4v) is 3.51. The number of carbonyl (C=O) groups is 2. The van der Waals surface area contributed by atoms with E-state index in [4.69, 9.17) is 0 Å². The monoisotopic (exact) mass is 266 g/mol. The summed E-state index contributed by atoms with van der Waals surface area (Å²) in [6, 6.07) is -0.836. The maximum atomic E-state index is 12.4.